The third-order valence-corrected chi connectivity index (χ3v) is 3.00. The van der Waals surface area contributed by atoms with E-state index in [4.69, 9.17) is 9.47 Å². The first-order chi connectivity index (χ1) is 9.08. The van der Waals surface area contributed by atoms with Crippen LogP contribution in [0.5, 0.6) is 5.75 Å². The number of anilines is 1. The summed E-state index contributed by atoms with van der Waals surface area (Å²) in [5, 5.41) is 3.25. The van der Waals surface area contributed by atoms with Gasteiger partial charge in [-0.15, -0.1) is 0 Å². The van der Waals surface area contributed by atoms with Gasteiger partial charge in [0.25, 0.3) is 0 Å². The normalized spacial score (nSPS) is 12.1. The zero-order valence-electron chi connectivity index (χ0n) is 12.1. The monoisotopic (exact) mass is 265 g/mol. The van der Waals surface area contributed by atoms with E-state index in [0.29, 0.717) is 13.2 Å². The molecule has 4 nitrogen and oxygen atoms in total. The first-order valence-corrected chi connectivity index (χ1v) is 6.63. The van der Waals surface area contributed by atoms with Gasteiger partial charge in [-0.2, -0.15) is 0 Å². The number of esters is 1. The van der Waals surface area contributed by atoms with Crippen molar-refractivity contribution in [3.63, 3.8) is 0 Å². The molecule has 1 aromatic rings. The maximum absolute atomic E-state index is 11.6. The Morgan fingerprint density at radius 3 is 2.37 bits per heavy atom. The van der Waals surface area contributed by atoms with E-state index in [2.05, 4.69) is 5.32 Å². The summed E-state index contributed by atoms with van der Waals surface area (Å²) >= 11 is 0. The molecule has 0 aliphatic carbocycles. The predicted octanol–water partition coefficient (Wildman–Crippen LogP) is 2.94. The average Bonchev–Trinajstić information content (AvgIpc) is 2.40. The molecular formula is C15H23NO3. The van der Waals surface area contributed by atoms with Gasteiger partial charge in [0.2, 0.25) is 0 Å². The van der Waals surface area contributed by atoms with Crippen LogP contribution in [0.15, 0.2) is 24.3 Å². The molecular weight excluding hydrogens is 242 g/mol. The molecule has 1 aromatic carbocycles. The maximum atomic E-state index is 11.6. The molecule has 0 fully saturated rings. The molecule has 0 spiro atoms. The van der Waals surface area contributed by atoms with Crippen LogP contribution in [-0.2, 0) is 9.53 Å². The van der Waals surface area contributed by atoms with Gasteiger partial charge in [-0.05, 0) is 37.1 Å². The van der Waals surface area contributed by atoms with E-state index in [-0.39, 0.29) is 17.8 Å². The molecule has 1 unspecified atom stereocenters. The fourth-order valence-electron chi connectivity index (χ4n) is 1.81. The van der Waals surface area contributed by atoms with Crippen LogP contribution in [0, 0.1) is 11.8 Å². The zero-order chi connectivity index (χ0) is 14.3. The van der Waals surface area contributed by atoms with Crippen LogP contribution in [0.3, 0.4) is 0 Å². The number of benzene rings is 1. The van der Waals surface area contributed by atoms with Crippen molar-refractivity contribution in [2.24, 2.45) is 11.8 Å². The van der Waals surface area contributed by atoms with E-state index >= 15 is 0 Å². The summed E-state index contributed by atoms with van der Waals surface area (Å²) in [4.78, 5) is 11.6. The Bertz CT molecular complexity index is 387. The maximum Gasteiger partial charge on any atom is 0.310 e. The zero-order valence-corrected chi connectivity index (χ0v) is 12.1. The van der Waals surface area contributed by atoms with E-state index in [1.54, 1.807) is 0 Å². The SMILES string of the molecule is CCOc1ccc(NCC(C(=O)OC)C(C)C)cc1. The molecule has 1 N–H and O–H groups in total. The lowest BCUT2D eigenvalue weighted by molar-refractivity contribution is -0.146. The Morgan fingerprint density at radius 2 is 1.89 bits per heavy atom. The van der Waals surface area contributed by atoms with Crippen LogP contribution in [0.4, 0.5) is 5.69 Å². The molecule has 0 saturated carbocycles. The van der Waals surface area contributed by atoms with Crippen LogP contribution >= 0.6 is 0 Å². The van der Waals surface area contributed by atoms with Crippen molar-refractivity contribution < 1.29 is 14.3 Å². The Balaban J connectivity index is 2.56. The Labute approximate surface area is 115 Å². The highest BCUT2D eigenvalue weighted by Crippen LogP contribution is 2.18. The molecule has 19 heavy (non-hydrogen) atoms. The Kier molecular flexibility index (Phi) is 6.19. The molecule has 0 bridgehead atoms. The number of methoxy groups -OCH3 is 1. The van der Waals surface area contributed by atoms with Crippen molar-refractivity contribution in [1.29, 1.82) is 0 Å². The lowest BCUT2D eigenvalue weighted by atomic mass is 9.96. The second-order valence-electron chi connectivity index (χ2n) is 4.71. The summed E-state index contributed by atoms with van der Waals surface area (Å²) < 4.78 is 10.2. The van der Waals surface area contributed by atoms with Gasteiger partial charge in [-0.25, -0.2) is 0 Å². The number of hydrogen-bond donors (Lipinski definition) is 1. The van der Waals surface area contributed by atoms with Crippen LogP contribution in [0.2, 0.25) is 0 Å². The molecule has 0 heterocycles. The van der Waals surface area contributed by atoms with Gasteiger partial charge in [0, 0.05) is 12.2 Å². The third-order valence-electron chi connectivity index (χ3n) is 3.00. The number of hydrogen-bond acceptors (Lipinski definition) is 4. The Hall–Kier alpha value is -1.71. The van der Waals surface area contributed by atoms with Crippen LogP contribution in [-0.4, -0.2) is 26.2 Å². The number of carbonyl (C=O) groups excluding carboxylic acids is 1. The molecule has 1 rings (SSSR count). The number of rotatable bonds is 7. The second-order valence-corrected chi connectivity index (χ2v) is 4.71. The highest BCUT2D eigenvalue weighted by Gasteiger charge is 2.22. The molecule has 0 aromatic heterocycles. The van der Waals surface area contributed by atoms with Crippen molar-refractivity contribution in [3.8, 4) is 5.75 Å². The Morgan fingerprint density at radius 1 is 1.26 bits per heavy atom. The average molecular weight is 265 g/mol. The summed E-state index contributed by atoms with van der Waals surface area (Å²) in [7, 11) is 1.43. The largest absolute Gasteiger partial charge is 0.494 e. The van der Waals surface area contributed by atoms with Gasteiger partial charge in [-0.1, -0.05) is 13.8 Å². The minimum Gasteiger partial charge on any atom is -0.494 e. The van der Waals surface area contributed by atoms with Gasteiger partial charge in [0.05, 0.1) is 19.6 Å². The predicted molar refractivity (Wildman–Crippen MR) is 76.4 cm³/mol. The minimum absolute atomic E-state index is 0.142. The fraction of sp³-hybridized carbons (Fsp3) is 0.533. The summed E-state index contributed by atoms with van der Waals surface area (Å²) in [6, 6.07) is 7.71. The first kappa shape index (κ1) is 15.3. The molecule has 106 valence electrons. The van der Waals surface area contributed by atoms with Gasteiger partial charge in [-0.3, -0.25) is 4.79 Å². The van der Waals surface area contributed by atoms with Crippen molar-refractivity contribution in [1.82, 2.24) is 0 Å². The summed E-state index contributed by atoms with van der Waals surface area (Å²) in [6.07, 6.45) is 0. The molecule has 0 aliphatic heterocycles. The molecule has 1 atom stereocenters. The smallest absolute Gasteiger partial charge is 0.310 e. The second kappa shape index (κ2) is 7.67. The summed E-state index contributed by atoms with van der Waals surface area (Å²) in [6.45, 7) is 7.21. The molecule has 4 heteroatoms. The van der Waals surface area contributed by atoms with Crippen molar-refractivity contribution >= 4 is 11.7 Å². The van der Waals surface area contributed by atoms with E-state index in [1.165, 1.54) is 7.11 Å². The number of carbonyl (C=O) groups is 1. The third kappa shape index (κ3) is 4.81. The summed E-state index contributed by atoms with van der Waals surface area (Å²) in [5.74, 6) is 0.772. The van der Waals surface area contributed by atoms with Crippen LogP contribution in [0.25, 0.3) is 0 Å². The van der Waals surface area contributed by atoms with E-state index in [1.807, 2.05) is 45.0 Å². The fourth-order valence-corrected chi connectivity index (χ4v) is 1.81. The van der Waals surface area contributed by atoms with E-state index < -0.39 is 0 Å². The lowest BCUT2D eigenvalue weighted by Gasteiger charge is -2.19. The van der Waals surface area contributed by atoms with Crippen molar-refractivity contribution in [2.45, 2.75) is 20.8 Å². The van der Waals surface area contributed by atoms with Crippen LogP contribution < -0.4 is 10.1 Å². The van der Waals surface area contributed by atoms with Gasteiger partial charge in [0.15, 0.2) is 0 Å². The molecule has 0 saturated heterocycles. The van der Waals surface area contributed by atoms with Crippen molar-refractivity contribution in [2.75, 3.05) is 25.6 Å². The first-order valence-electron chi connectivity index (χ1n) is 6.63. The quantitative estimate of drug-likeness (QED) is 0.770. The standard InChI is InChI=1S/C15H23NO3/c1-5-19-13-8-6-12(7-9-13)16-10-14(11(2)3)15(17)18-4/h6-9,11,14,16H,5,10H2,1-4H3. The van der Waals surface area contributed by atoms with E-state index in [0.717, 1.165) is 11.4 Å². The topological polar surface area (TPSA) is 47.6 Å². The number of nitrogens with one attached hydrogen (secondary N) is 1. The van der Waals surface area contributed by atoms with Gasteiger partial charge < -0.3 is 14.8 Å². The summed E-state index contributed by atoms with van der Waals surface area (Å²) in [5.41, 5.74) is 0.970. The van der Waals surface area contributed by atoms with Crippen molar-refractivity contribution in [3.05, 3.63) is 24.3 Å². The molecule has 0 radical (unpaired) electrons. The van der Waals surface area contributed by atoms with Gasteiger partial charge >= 0.3 is 5.97 Å². The highest BCUT2D eigenvalue weighted by molar-refractivity contribution is 5.73. The lowest BCUT2D eigenvalue weighted by Crippen LogP contribution is -2.28. The van der Waals surface area contributed by atoms with E-state index in [9.17, 15) is 4.79 Å². The number of ether oxygens (including phenoxy) is 2. The van der Waals surface area contributed by atoms with Gasteiger partial charge in [0.1, 0.15) is 5.75 Å². The highest BCUT2D eigenvalue weighted by atomic mass is 16.5. The van der Waals surface area contributed by atoms with Crippen LogP contribution in [0.1, 0.15) is 20.8 Å². The minimum atomic E-state index is -0.173. The molecule has 0 aliphatic rings. The molecule has 0 amide bonds.